The van der Waals surface area contributed by atoms with Gasteiger partial charge in [-0.3, -0.25) is 14.4 Å². The molecule has 0 saturated carbocycles. The number of hydrogen-bond acceptors (Lipinski definition) is 3. The van der Waals surface area contributed by atoms with Crippen LogP contribution in [-0.2, 0) is 9.59 Å². The Balaban J connectivity index is 2.13. The van der Waals surface area contributed by atoms with E-state index in [0.717, 1.165) is 20.9 Å². The zero-order valence-electron chi connectivity index (χ0n) is 19.0. The lowest BCUT2D eigenvalue weighted by molar-refractivity contribution is -0.127. The number of carbonyl (C=O) groups is 3. The predicted molar refractivity (Wildman–Crippen MR) is 137 cm³/mol. The summed E-state index contributed by atoms with van der Waals surface area (Å²) in [6, 6.07) is 13.7. The third-order valence-electron chi connectivity index (χ3n) is 5.08. The molecule has 0 saturated heterocycles. The number of rotatable bonds is 11. The fourth-order valence-electron chi connectivity index (χ4n) is 3.39. The number of nitrogens with zero attached hydrogens (tertiary/aromatic N) is 2. The van der Waals surface area contributed by atoms with Crippen LogP contribution >= 0.6 is 22.6 Å². The maximum Gasteiger partial charge on any atom is 0.325 e. The Hall–Kier alpha value is -2.84. The minimum absolute atomic E-state index is 0.142. The van der Waals surface area contributed by atoms with Crippen LogP contribution in [0, 0.1) is 9.49 Å². The number of nitrogens with one attached hydrogen (secondary N) is 2. The van der Waals surface area contributed by atoms with E-state index < -0.39 is 23.8 Å². The summed E-state index contributed by atoms with van der Waals surface area (Å²) in [7, 11) is 0. The SMILES string of the molecule is CCCC(NC(=O)C(CC(C)C)NC(=O)c1ccc(-c2ccc([125I])cc2)cc1)C(=O)C=[N+]=[N-]. The summed E-state index contributed by atoms with van der Waals surface area (Å²) in [5.41, 5.74) is 11.1. The molecule has 2 atom stereocenters. The van der Waals surface area contributed by atoms with E-state index in [9.17, 15) is 14.4 Å². The first-order valence-electron chi connectivity index (χ1n) is 10.9. The van der Waals surface area contributed by atoms with Gasteiger partial charge in [0, 0.05) is 9.13 Å². The number of ketones is 1. The first kappa shape index (κ1) is 26.4. The van der Waals surface area contributed by atoms with Gasteiger partial charge in [0.1, 0.15) is 6.04 Å². The average Bonchev–Trinajstić information content (AvgIpc) is 2.78. The summed E-state index contributed by atoms with van der Waals surface area (Å²) >= 11 is 2.25. The van der Waals surface area contributed by atoms with Gasteiger partial charge in [0.2, 0.25) is 5.91 Å². The second-order valence-electron chi connectivity index (χ2n) is 8.24. The third-order valence-corrected chi connectivity index (χ3v) is 5.79. The van der Waals surface area contributed by atoms with E-state index in [1.807, 2.05) is 57.2 Å². The normalized spacial score (nSPS) is 12.4. The Morgan fingerprint density at radius 2 is 1.55 bits per heavy atom. The highest BCUT2D eigenvalue weighted by molar-refractivity contribution is 14.1. The summed E-state index contributed by atoms with van der Waals surface area (Å²) in [5, 5.41) is 5.50. The van der Waals surface area contributed by atoms with Crippen molar-refractivity contribution in [1.82, 2.24) is 10.6 Å². The lowest BCUT2D eigenvalue weighted by atomic mass is 10.0. The predicted octanol–water partition coefficient (Wildman–Crippen LogP) is 4.26. The molecule has 0 fully saturated rings. The van der Waals surface area contributed by atoms with Crippen LogP contribution in [0.25, 0.3) is 16.7 Å². The number of benzene rings is 2. The number of carbonyl (C=O) groups excluding carboxylic acids is 3. The molecular weight excluding hydrogens is 529 g/mol. The first-order chi connectivity index (χ1) is 15.7. The van der Waals surface area contributed by atoms with Gasteiger partial charge in [0.05, 0.1) is 6.04 Å². The van der Waals surface area contributed by atoms with E-state index >= 15 is 0 Å². The van der Waals surface area contributed by atoms with Crippen molar-refractivity contribution < 1.29 is 19.2 Å². The molecule has 2 rings (SSSR count). The van der Waals surface area contributed by atoms with Gasteiger partial charge < -0.3 is 16.2 Å². The number of Topliss-reactive ketones (excluding diaryl/α,β-unsaturated/α-hetero) is 1. The van der Waals surface area contributed by atoms with E-state index in [4.69, 9.17) is 5.53 Å². The standard InChI is InChI=1S/C25H29IN4O3/c1-4-5-21(23(31)15-28-27)29-25(33)22(14-16(2)3)30-24(32)19-8-6-17(7-9-19)18-10-12-20(26)13-11-18/h6-13,15-16,21-22H,4-5,14H2,1-3H3,(H,29,33)(H,30,32)/i26-2. The van der Waals surface area contributed by atoms with Gasteiger partial charge in [-0.2, -0.15) is 4.79 Å². The number of amides is 2. The van der Waals surface area contributed by atoms with E-state index in [1.54, 1.807) is 12.1 Å². The lowest BCUT2D eigenvalue weighted by Gasteiger charge is -2.23. The molecule has 2 N–H and O–H groups in total. The molecule has 0 aliphatic rings. The fraction of sp³-hybridized carbons (Fsp3) is 0.360. The number of halogens is 1. The summed E-state index contributed by atoms with van der Waals surface area (Å²) in [6.07, 6.45) is 2.26. The van der Waals surface area contributed by atoms with Gasteiger partial charge >= 0.3 is 6.21 Å². The minimum atomic E-state index is -0.807. The van der Waals surface area contributed by atoms with Gasteiger partial charge in [0.15, 0.2) is 0 Å². The highest BCUT2D eigenvalue weighted by atomic mass is 125. The second-order valence-corrected chi connectivity index (χ2v) is 9.48. The maximum atomic E-state index is 12.9. The third kappa shape index (κ3) is 8.22. The summed E-state index contributed by atoms with van der Waals surface area (Å²) < 4.78 is 1.15. The average molecular weight is 558 g/mol. The van der Waals surface area contributed by atoms with Crippen LogP contribution in [0.4, 0.5) is 0 Å². The second kappa shape index (κ2) is 13.0. The molecule has 0 bridgehead atoms. The Kier molecular flexibility index (Phi) is 10.4. The van der Waals surface area contributed by atoms with E-state index in [-0.39, 0.29) is 11.8 Å². The van der Waals surface area contributed by atoms with Crippen LogP contribution in [0.15, 0.2) is 48.5 Å². The van der Waals surface area contributed by atoms with Gasteiger partial charge in [-0.05, 0) is 76.7 Å². The lowest BCUT2D eigenvalue weighted by Crippen LogP contribution is -2.52. The van der Waals surface area contributed by atoms with Gasteiger partial charge in [-0.1, -0.05) is 51.5 Å². The number of hydrogen-bond donors (Lipinski definition) is 2. The molecule has 2 unspecified atom stereocenters. The molecule has 0 radical (unpaired) electrons. The topological polar surface area (TPSA) is 112 Å². The summed E-state index contributed by atoms with van der Waals surface area (Å²) in [4.78, 5) is 40.7. The van der Waals surface area contributed by atoms with Gasteiger partial charge in [-0.25, -0.2) is 0 Å². The molecule has 7 nitrogen and oxygen atoms in total. The molecule has 174 valence electrons. The zero-order valence-corrected chi connectivity index (χ0v) is 21.2. The van der Waals surface area contributed by atoms with Crippen LogP contribution < -0.4 is 10.6 Å². The molecule has 0 aromatic heterocycles. The Labute approximate surface area is 208 Å². The van der Waals surface area contributed by atoms with Crippen molar-refractivity contribution in [3.8, 4) is 11.1 Å². The van der Waals surface area contributed by atoms with Crippen molar-refractivity contribution in [3.05, 3.63) is 63.2 Å². The van der Waals surface area contributed by atoms with Crippen LogP contribution in [0.5, 0.6) is 0 Å². The highest BCUT2D eigenvalue weighted by Gasteiger charge is 2.27. The molecule has 33 heavy (non-hydrogen) atoms. The maximum absolute atomic E-state index is 12.9. The van der Waals surface area contributed by atoms with Crippen molar-refractivity contribution in [3.63, 3.8) is 0 Å². The Bertz CT molecular complexity index is 1010. The largest absolute Gasteiger partial charge is 0.361 e. The van der Waals surface area contributed by atoms with Gasteiger partial charge in [-0.15, -0.1) is 0 Å². The molecule has 8 heteroatoms. The minimum Gasteiger partial charge on any atom is -0.361 e. The van der Waals surface area contributed by atoms with Crippen molar-refractivity contribution >= 4 is 46.4 Å². The molecule has 0 heterocycles. The van der Waals surface area contributed by atoms with Crippen molar-refractivity contribution in [2.24, 2.45) is 5.92 Å². The Morgan fingerprint density at radius 1 is 0.970 bits per heavy atom. The van der Waals surface area contributed by atoms with E-state index in [0.29, 0.717) is 24.8 Å². The van der Waals surface area contributed by atoms with Crippen LogP contribution in [0.3, 0.4) is 0 Å². The van der Waals surface area contributed by atoms with Crippen molar-refractivity contribution in [2.75, 3.05) is 0 Å². The Morgan fingerprint density at radius 3 is 2.06 bits per heavy atom. The molecular formula is C25H29IN4O3. The first-order valence-corrected chi connectivity index (χ1v) is 12.0. The monoisotopic (exact) mass is 558 g/mol. The molecule has 2 amide bonds. The molecule has 2 aromatic rings. The zero-order chi connectivity index (χ0) is 24.4. The molecule has 2 aromatic carbocycles. The van der Waals surface area contributed by atoms with Gasteiger partial charge in [0.25, 0.3) is 11.7 Å². The van der Waals surface area contributed by atoms with Crippen molar-refractivity contribution in [1.29, 1.82) is 0 Å². The molecule has 0 aliphatic heterocycles. The summed E-state index contributed by atoms with van der Waals surface area (Å²) in [5.74, 6) is -1.15. The van der Waals surface area contributed by atoms with Crippen LogP contribution in [0.2, 0.25) is 0 Å². The van der Waals surface area contributed by atoms with Crippen LogP contribution in [-0.4, -0.2) is 40.7 Å². The quantitative estimate of drug-likeness (QED) is 0.186. The molecule has 0 aliphatic carbocycles. The van der Waals surface area contributed by atoms with E-state index in [1.165, 1.54) is 0 Å². The van der Waals surface area contributed by atoms with Crippen LogP contribution in [0.1, 0.15) is 50.4 Å². The smallest absolute Gasteiger partial charge is 0.325 e. The van der Waals surface area contributed by atoms with E-state index in [2.05, 4.69) is 38.0 Å². The summed E-state index contributed by atoms with van der Waals surface area (Å²) in [6.45, 7) is 5.79. The highest BCUT2D eigenvalue weighted by Crippen LogP contribution is 2.21. The fourth-order valence-corrected chi connectivity index (χ4v) is 3.75. The molecule has 0 spiro atoms. The van der Waals surface area contributed by atoms with Crippen molar-refractivity contribution in [2.45, 2.75) is 52.1 Å².